The lowest BCUT2D eigenvalue weighted by Gasteiger charge is -2.16. The second-order valence-electron chi connectivity index (χ2n) is 3.52. The van der Waals surface area contributed by atoms with Gasteiger partial charge in [0.1, 0.15) is 0 Å². The molecule has 0 fully saturated rings. The van der Waals surface area contributed by atoms with Crippen LogP contribution in [0.1, 0.15) is 31.3 Å². The van der Waals surface area contributed by atoms with Gasteiger partial charge in [0.05, 0.1) is 11.2 Å². The zero-order valence-electron chi connectivity index (χ0n) is 6.93. The Bertz CT molecular complexity index is 219. The fourth-order valence-corrected chi connectivity index (χ4v) is 1.91. The van der Waals surface area contributed by atoms with E-state index in [0.29, 0.717) is 0 Å². The monoisotopic (exact) mass is 155 g/mol. The minimum absolute atomic E-state index is 0.269. The topological polar surface area (TPSA) is 12.9 Å². The van der Waals surface area contributed by atoms with Crippen LogP contribution < -0.4 is 0 Å². The van der Waals surface area contributed by atoms with Gasteiger partial charge in [-0.1, -0.05) is 20.8 Å². The van der Waals surface area contributed by atoms with Crippen molar-refractivity contribution >= 4 is 11.3 Å². The third-order valence-corrected chi connectivity index (χ3v) is 2.78. The second kappa shape index (κ2) is 2.35. The van der Waals surface area contributed by atoms with Gasteiger partial charge in [0, 0.05) is 4.88 Å². The quantitative estimate of drug-likeness (QED) is 0.561. The molecule has 0 bridgehead atoms. The molecule has 0 saturated heterocycles. The van der Waals surface area contributed by atoms with E-state index in [1.807, 2.05) is 5.51 Å². The van der Waals surface area contributed by atoms with Crippen LogP contribution in [-0.2, 0) is 5.41 Å². The molecule has 1 nitrogen and oxygen atoms in total. The molecule has 0 aliphatic rings. The van der Waals surface area contributed by atoms with Gasteiger partial charge in [-0.3, -0.25) is 0 Å². The zero-order valence-corrected chi connectivity index (χ0v) is 7.75. The van der Waals surface area contributed by atoms with Crippen LogP contribution in [0.5, 0.6) is 0 Å². The molecular weight excluding hydrogens is 142 g/mol. The molecule has 10 heavy (non-hydrogen) atoms. The normalized spacial score (nSPS) is 12.0. The zero-order chi connectivity index (χ0) is 7.78. The first kappa shape index (κ1) is 7.73. The molecule has 0 N–H and O–H groups in total. The summed E-state index contributed by atoms with van der Waals surface area (Å²) in [5.74, 6) is 0. The summed E-state index contributed by atoms with van der Waals surface area (Å²) in [6, 6.07) is 0. The summed E-state index contributed by atoms with van der Waals surface area (Å²) in [4.78, 5) is 5.60. The van der Waals surface area contributed by atoms with E-state index in [0.717, 1.165) is 0 Å². The van der Waals surface area contributed by atoms with Crippen molar-refractivity contribution in [3.8, 4) is 0 Å². The van der Waals surface area contributed by atoms with Crippen LogP contribution >= 0.6 is 11.3 Å². The highest BCUT2D eigenvalue weighted by Crippen LogP contribution is 2.28. The Morgan fingerprint density at radius 2 is 2.00 bits per heavy atom. The SMILES string of the molecule is Cc1ncsc1C(C)(C)C. The summed E-state index contributed by atoms with van der Waals surface area (Å²) >= 11 is 1.75. The molecule has 1 aromatic rings. The van der Waals surface area contributed by atoms with Crippen molar-refractivity contribution in [2.45, 2.75) is 33.1 Å². The molecule has 1 heterocycles. The average molecular weight is 155 g/mol. The number of aromatic nitrogens is 1. The molecule has 0 aliphatic heterocycles. The Labute approximate surface area is 66.1 Å². The maximum absolute atomic E-state index is 4.20. The van der Waals surface area contributed by atoms with E-state index in [9.17, 15) is 0 Å². The van der Waals surface area contributed by atoms with E-state index in [2.05, 4.69) is 32.7 Å². The number of rotatable bonds is 0. The van der Waals surface area contributed by atoms with Crippen molar-refractivity contribution in [3.63, 3.8) is 0 Å². The third-order valence-electron chi connectivity index (χ3n) is 1.43. The molecule has 0 spiro atoms. The van der Waals surface area contributed by atoms with Gasteiger partial charge in [0.2, 0.25) is 0 Å². The van der Waals surface area contributed by atoms with E-state index >= 15 is 0 Å². The van der Waals surface area contributed by atoms with Gasteiger partial charge in [-0.2, -0.15) is 0 Å². The van der Waals surface area contributed by atoms with E-state index < -0.39 is 0 Å². The van der Waals surface area contributed by atoms with Gasteiger partial charge in [-0.25, -0.2) is 4.98 Å². The molecule has 0 radical (unpaired) electrons. The molecule has 0 amide bonds. The molecular formula is C8H13NS. The molecule has 56 valence electrons. The predicted molar refractivity (Wildman–Crippen MR) is 45.6 cm³/mol. The lowest BCUT2D eigenvalue weighted by Crippen LogP contribution is -2.10. The van der Waals surface area contributed by atoms with Crippen molar-refractivity contribution in [1.29, 1.82) is 0 Å². The number of nitrogens with zero attached hydrogens (tertiary/aromatic N) is 1. The van der Waals surface area contributed by atoms with E-state index in [4.69, 9.17) is 0 Å². The average Bonchev–Trinajstić information content (AvgIpc) is 2.11. The van der Waals surface area contributed by atoms with Gasteiger partial charge < -0.3 is 0 Å². The van der Waals surface area contributed by atoms with Crippen LogP contribution in [0.4, 0.5) is 0 Å². The Hall–Kier alpha value is -0.370. The lowest BCUT2D eigenvalue weighted by atomic mass is 9.94. The Morgan fingerprint density at radius 1 is 1.40 bits per heavy atom. The number of aryl methyl sites for hydroxylation is 1. The van der Waals surface area contributed by atoms with Gasteiger partial charge >= 0.3 is 0 Å². The number of hydrogen-bond acceptors (Lipinski definition) is 2. The summed E-state index contributed by atoms with van der Waals surface area (Å²) < 4.78 is 0. The molecule has 0 saturated carbocycles. The summed E-state index contributed by atoms with van der Waals surface area (Å²) in [6.07, 6.45) is 0. The minimum Gasteiger partial charge on any atom is -0.250 e. The molecule has 1 rings (SSSR count). The van der Waals surface area contributed by atoms with E-state index in [1.54, 1.807) is 11.3 Å². The summed E-state index contributed by atoms with van der Waals surface area (Å²) in [6.45, 7) is 8.71. The van der Waals surface area contributed by atoms with Crippen LogP contribution in [-0.4, -0.2) is 4.98 Å². The van der Waals surface area contributed by atoms with Crippen LogP contribution in [0.25, 0.3) is 0 Å². The third kappa shape index (κ3) is 1.37. The van der Waals surface area contributed by atoms with Crippen LogP contribution in [0.3, 0.4) is 0 Å². The lowest BCUT2D eigenvalue weighted by molar-refractivity contribution is 0.598. The fourth-order valence-electron chi connectivity index (χ4n) is 1.02. The standard InChI is InChI=1S/C8H13NS/c1-6-7(8(2,3)4)10-5-9-6/h5H,1-4H3. The van der Waals surface area contributed by atoms with E-state index in [-0.39, 0.29) is 5.41 Å². The molecule has 2 heteroatoms. The van der Waals surface area contributed by atoms with Gasteiger partial charge in [-0.05, 0) is 12.3 Å². The Morgan fingerprint density at radius 3 is 2.20 bits per heavy atom. The first-order valence-corrected chi connectivity index (χ1v) is 4.30. The van der Waals surface area contributed by atoms with Gasteiger partial charge in [-0.15, -0.1) is 11.3 Å². The second-order valence-corrected chi connectivity index (χ2v) is 4.37. The first-order chi connectivity index (χ1) is 4.52. The van der Waals surface area contributed by atoms with Crippen molar-refractivity contribution in [2.75, 3.05) is 0 Å². The highest BCUT2D eigenvalue weighted by atomic mass is 32.1. The molecule has 0 aliphatic carbocycles. The van der Waals surface area contributed by atoms with Crippen LogP contribution in [0.15, 0.2) is 5.51 Å². The summed E-state index contributed by atoms with van der Waals surface area (Å²) in [5.41, 5.74) is 3.36. The Kier molecular flexibility index (Phi) is 1.82. The molecule has 0 unspecified atom stereocenters. The summed E-state index contributed by atoms with van der Waals surface area (Å²) in [7, 11) is 0. The van der Waals surface area contributed by atoms with Crippen molar-refractivity contribution in [1.82, 2.24) is 4.98 Å². The van der Waals surface area contributed by atoms with Crippen LogP contribution in [0.2, 0.25) is 0 Å². The van der Waals surface area contributed by atoms with Gasteiger partial charge in [0.25, 0.3) is 0 Å². The highest BCUT2D eigenvalue weighted by molar-refractivity contribution is 7.09. The summed E-state index contributed by atoms with van der Waals surface area (Å²) in [5, 5.41) is 0. The van der Waals surface area contributed by atoms with Crippen LogP contribution in [0, 0.1) is 6.92 Å². The number of hydrogen-bond donors (Lipinski definition) is 0. The Balaban J connectivity index is 3.05. The molecule has 1 aromatic heterocycles. The van der Waals surface area contributed by atoms with Crippen molar-refractivity contribution in [3.05, 3.63) is 16.1 Å². The maximum Gasteiger partial charge on any atom is 0.0797 e. The predicted octanol–water partition coefficient (Wildman–Crippen LogP) is 2.75. The van der Waals surface area contributed by atoms with E-state index in [1.165, 1.54) is 10.6 Å². The largest absolute Gasteiger partial charge is 0.250 e. The first-order valence-electron chi connectivity index (χ1n) is 3.42. The van der Waals surface area contributed by atoms with Crippen molar-refractivity contribution < 1.29 is 0 Å². The smallest absolute Gasteiger partial charge is 0.0797 e. The number of thiazole rings is 1. The molecule has 0 atom stereocenters. The van der Waals surface area contributed by atoms with Crippen molar-refractivity contribution in [2.24, 2.45) is 0 Å². The molecule has 0 aromatic carbocycles. The maximum atomic E-state index is 4.20. The van der Waals surface area contributed by atoms with Gasteiger partial charge in [0.15, 0.2) is 0 Å². The highest BCUT2D eigenvalue weighted by Gasteiger charge is 2.17. The fraction of sp³-hybridized carbons (Fsp3) is 0.625. The minimum atomic E-state index is 0.269.